The van der Waals surface area contributed by atoms with E-state index in [0.29, 0.717) is 6.42 Å². The Hall–Kier alpha value is -2.27. The molecule has 0 aliphatic carbocycles. The smallest absolute Gasteiger partial charge is 0.168 e. The summed E-state index contributed by atoms with van der Waals surface area (Å²) in [6, 6.07) is 9.32. The molecular weight excluding hydrogens is 282 g/mol. The second-order valence-electron chi connectivity index (χ2n) is 4.88. The molecule has 1 aromatic carbocycles. The van der Waals surface area contributed by atoms with Gasteiger partial charge in [-0.2, -0.15) is 5.10 Å². The van der Waals surface area contributed by atoms with Gasteiger partial charge in [-0.05, 0) is 6.92 Å². The Morgan fingerprint density at radius 2 is 2.05 bits per heavy atom. The van der Waals surface area contributed by atoms with Crippen molar-refractivity contribution in [3.8, 4) is 10.6 Å². The third kappa shape index (κ3) is 2.78. The van der Waals surface area contributed by atoms with Crippen molar-refractivity contribution < 1.29 is 4.79 Å². The first-order chi connectivity index (χ1) is 10.1. The molecule has 0 atom stereocenters. The molecule has 5 heteroatoms. The summed E-state index contributed by atoms with van der Waals surface area (Å²) >= 11 is 1.55. The van der Waals surface area contributed by atoms with Crippen LogP contribution in [0.15, 0.2) is 41.9 Å². The van der Waals surface area contributed by atoms with Gasteiger partial charge in [0.25, 0.3) is 0 Å². The average Bonchev–Trinajstić information content (AvgIpc) is 3.08. The fraction of sp³-hybridized carbons (Fsp3) is 0.188. The second kappa shape index (κ2) is 5.61. The van der Waals surface area contributed by atoms with E-state index in [1.807, 2.05) is 60.6 Å². The maximum atomic E-state index is 12.2. The highest BCUT2D eigenvalue weighted by atomic mass is 32.1. The Kier molecular flexibility index (Phi) is 3.66. The number of rotatable bonds is 4. The average molecular weight is 297 g/mol. The molecule has 4 nitrogen and oxygen atoms in total. The topological polar surface area (TPSA) is 47.8 Å². The summed E-state index contributed by atoms with van der Waals surface area (Å²) in [5.74, 6) is 0.0929. The minimum absolute atomic E-state index is 0.0929. The van der Waals surface area contributed by atoms with Crippen LogP contribution in [0, 0.1) is 6.92 Å². The van der Waals surface area contributed by atoms with Gasteiger partial charge in [-0.25, -0.2) is 4.98 Å². The van der Waals surface area contributed by atoms with Crippen molar-refractivity contribution in [1.29, 1.82) is 0 Å². The van der Waals surface area contributed by atoms with Crippen LogP contribution >= 0.6 is 11.3 Å². The zero-order chi connectivity index (χ0) is 14.8. The van der Waals surface area contributed by atoms with Crippen LogP contribution in [0.25, 0.3) is 10.6 Å². The largest absolute Gasteiger partial charge is 0.294 e. The zero-order valence-corrected chi connectivity index (χ0v) is 12.7. The van der Waals surface area contributed by atoms with Crippen molar-refractivity contribution in [3.05, 3.63) is 58.9 Å². The van der Waals surface area contributed by atoms with E-state index in [2.05, 4.69) is 10.1 Å². The van der Waals surface area contributed by atoms with Crippen molar-refractivity contribution in [1.82, 2.24) is 14.8 Å². The van der Waals surface area contributed by atoms with Gasteiger partial charge in [-0.15, -0.1) is 11.3 Å². The van der Waals surface area contributed by atoms with Gasteiger partial charge in [0.05, 0.1) is 23.9 Å². The van der Waals surface area contributed by atoms with Crippen molar-refractivity contribution in [2.45, 2.75) is 13.3 Å². The Morgan fingerprint density at radius 1 is 1.29 bits per heavy atom. The van der Waals surface area contributed by atoms with E-state index in [9.17, 15) is 4.79 Å². The van der Waals surface area contributed by atoms with E-state index in [1.165, 1.54) is 0 Å². The third-order valence-electron chi connectivity index (χ3n) is 3.45. The number of carbonyl (C=O) groups is 1. The molecule has 0 unspecified atom stereocenters. The molecule has 0 saturated carbocycles. The highest BCUT2D eigenvalue weighted by Crippen LogP contribution is 2.26. The molecule has 2 aromatic heterocycles. The van der Waals surface area contributed by atoms with E-state index < -0.39 is 0 Å². The Labute approximate surface area is 127 Å². The summed E-state index contributed by atoms with van der Waals surface area (Å²) < 4.78 is 1.82. The van der Waals surface area contributed by atoms with E-state index in [-0.39, 0.29) is 5.78 Å². The minimum Gasteiger partial charge on any atom is -0.294 e. The zero-order valence-electron chi connectivity index (χ0n) is 11.9. The van der Waals surface area contributed by atoms with Gasteiger partial charge >= 0.3 is 0 Å². The summed E-state index contributed by atoms with van der Waals surface area (Å²) in [6.45, 7) is 2.01. The molecule has 21 heavy (non-hydrogen) atoms. The number of nitrogens with zero attached hydrogens (tertiary/aromatic N) is 3. The van der Waals surface area contributed by atoms with Crippen LogP contribution in [-0.4, -0.2) is 20.5 Å². The molecule has 106 valence electrons. The lowest BCUT2D eigenvalue weighted by Crippen LogP contribution is -2.03. The Balaban J connectivity index is 1.80. The lowest BCUT2D eigenvalue weighted by molar-refractivity contribution is 0.0992. The third-order valence-corrected chi connectivity index (χ3v) is 4.38. The van der Waals surface area contributed by atoms with Crippen LogP contribution in [0.4, 0.5) is 0 Å². The first kappa shape index (κ1) is 13.7. The van der Waals surface area contributed by atoms with Crippen LogP contribution in [0.3, 0.4) is 0 Å². The molecule has 0 aliphatic rings. The summed E-state index contributed by atoms with van der Waals surface area (Å²) in [4.78, 5) is 16.7. The van der Waals surface area contributed by atoms with Gasteiger partial charge < -0.3 is 0 Å². The predicted molar refractivity (Wildman–Crippen MR) is 83.5 cm³/mol. The summed E-state index contributed by atoms with van der Waals surface area (Å²) in [5, 5.41) is 7.09. The molecule has 0 fully saturated rings. The van der Waals surface area contributed by atoms with Crippen LogP contribution in [-0.2, 0) is 13.5 Å². The van der Waals surface area contributed by atoms with E-state index >= 15 is 0 Å². The molecule has 0 bridgehead atoms. The van der Waals surface area contributed by atoms with Crippen molar-refractivity contribution >= 4 is 17.1 Å². The number of hydrogen-bond donors (Lipinski definition) is 0. The minimum atomic E-state index is 0.0929. The van der Waals surface area contributed by atoms with Crippen LogP contribution in [0.2, 0.25) is 0 Å². The van der Waals surface area contributed by atoms with Crippen LogP contribution in [0.1, 0.15) is 21.7 Å². The lowest BCUT2D eigenvalue weighted by Gasteiger charge is -1.98. The fourth-order valence-corrected chi connectivity index (χ4v) is 2.99. The number of thiazole rings is 1. The molecule has 0 saturated heterocycles. The number of aryl methyl sites for hydroxylation is 1. The summed E-state index contributed by atoms with van der Waals surface area (Å²) in [7, 11) is 1.91. The Bertz CT molecular complexity index is 774. The van der Waals surface area contributed by atoms with Crippen molar-refractivity contribution in [3.63, 3.8) is 0 Å². The van der Waals surface area contributed by atoms with Gasteiger partial charge in [0.2, 0.25) is 0 Å². The maximum Gasteiger partial charge on any atom is 0.168 e. The molecule has 0 amide bonds. The number of benzene rings is 1. The van der Waals surface area contributed by atoms with Gasteiger partial charge in [0, 0.05) is 23.7 Å². The van der Waals surface area contributed by atoms with Gasteiger partial charge in [0.1, 0.15) is 5.01 Å². The molecule has 0 radical (unpaired) electrons. The van der Waals surface area contributed by atoms with E-state index in [1.54, 1.807) is 11.3 Å². The predicted octanol–water partition coefficient (Wildman–Crippen LogP) is 3.28. The maximum absolute atomic E-state index is 12.2. The fourth-order valence-electron chi connectivity index (χ4n) is 2.11. The molecule has 3 rings (SSSR count). The number of Topliss-reactive ketones (excluding diaryl/α,β-unsaturated/α-hetero) is 1. The number of aromatic nitrogens is 3. The summed E-state index contributed by atoms with van der Waals surface area (Å²) in [6.07, 6.45) is 2.15. The monoisotopic (exact) mass is 297 g/mol. The number of hydrogen-bond acceptors (Lipinski definition) is 4. The highest BCUT2D eigenvalue weighted by molar-refractivity contribution is 7.13. The molecular formula is C16H15N3OS. The van der Waals surface area contributed by atoms with E-state index in [0.717, 1.165) is 27.5 Å². The van der Waals surface area contributed by atoms with Crippen LogP contribution in [0.5, 0.6) is 0 Å². The molecule has 2 heterocycles. The van der Waals surface area contributed by atoms with Crippen LogP contribution < -0.4 is 0 Å². The molecule has 0 spiro atoms. The number of ketones is 1. The van der Waals surface area contributed by atoms with Gasteiger partial charge in [-0.1, -0.05) is 30.3 Å². The van der Waals surface area contributed by atoms with Gasteiger partial charge in [-0.3, -0.25) is 9.48 Å². The van der Waals surface area contributed by atoms with Gasteiger partial charge in [0.15, 0.2) is 5.78 Å². The Morgan fingerprint density at radius 3 is 2.71 bits per heavy atom. The number of carbonyl (C=O) groups excluding carboxylic acids is 1. The van der Waals surface area contributed by atoms with E-state index in [4.69, 9.17) is 0 Å². The normalized spacial score (nSPS) is 10.8. The highest BCUT2D eigenvalue weighted by Gasteiger charge is 2.13. The second-order valence-corrected chi connectivity index (χ2v) is 5.74. The standard InChI is InChI=1S/C16H15N3OS/c1-11-14(9-17-19(11)2)16-18-13(10-21-16)8-15(20)12-6-4-3-5-7-12/h3-7,9-10H,8H2,1-2H3. The van der Waals surface area contributed by atoms with Crippen molar-refractivity contribution in [2.75, 3.05) is 0 Å². The summed E-state index contributed by atoms with van der Waals surface area (Å²) in [5.41, 5.74) is 3.64. The molecule has 3 aromatic rings. The first-order valence-electron chi connectivity index (χ1n) is 6.67. The molecule has 0 aliphatic heterocycles. The quantitative estimate of drug-likeness (QED) is 0.694. The molecule has 0 N–H and O–H groups in total. The van der Waals surface area contributed by atoms with Crippen molar-refractivity contribution in [2.24, 2.45) is 7.05 Å². The first-order valence-corrected chi connectivity index (χ1v) is 7.54. The lowest BCUT2D eigenvalue weighted by atomic mass is 10.1. The SMILES string of the molecule is Cc1c(-c2nc(CC(=O)c3ccccc3)cs2)cnn1C.